The first-order chi connectivity index (χ1) is 10.3. The van der Waals surface area contributed by atoms with Gasteiger partial charge in [-0.3, -0.25) is 4.79 Å². The fourth-order valence-electron chi connectivity index (χ4n) is 3.47. The lowest BCUT2D eigenvalue weighted by molar-refractivity contribution is -0.137. The highest BCUT2D eigenvalue weighted by Crippen LogP contribution is 2.26. The largest absolute Gasteiger partial charge is 0.380 e. The number of nitrogens with zero attached hydrogens (tertiary/aromatic N) is 1. The third-order valence-corrected chi connectivity index (χ3v) is 5.92. The molecule has 21 heavy (non-hydrogen) atoms. The van der Waals surface area contributed by atoms with E-state index < -0.39 is 0 Å². The van der Waals surface area contributed by atoms with Crippen molar-refractivity contribution in [2.75, 3.05) is 38.3 Å². The van der Waals surface area contributed by atoms with Crippen molar-refractivity contribution in [2.24, 2.45) is 0 Å². The van der Waals surface area contributed by atoms with Crippen LogP contribution in [-0.2, 0) is 14.3 Å². The molecular weight excluding hydrogens is 288 g/mol. The van der Waals surface area contributed by atoms with Gasteiger partial charge in [-0.1, -0.05) is 0 Å². The number of methoxy groups -OCH3 is 1. The molecule has 4 atom stereocenters. The summed E-state index contributed by atoms with van der Waals surface area (Å²) in [5, 5.41) is 3.32. The molecule has 0 radical (unpaired) electrons. The van der Waals surface area contributed by atoms with Gasteiger partial charge in [-0.2, -0.15) is 11.8 Å². The van der Waals surface area contributed by atoms with Crippen LogP contribution >= 0.6 is 11.8 Å². The van der Waals surface area contributed by atoms with E-state index in [0.29, 0.717) is 6.04 Å². The van der Waals surface area contributed by atoms with E-state index >= 15 is 0 Å². The minimum Gasteiger partial charge on any atom is -0.380 e. The van der Waals surface area contributed by atoms with Gasteiger partial charge in [0, 0.05) is 38.6 Å². The molecule has 3 heterocycles. The van der Waals surface area contributed by atoms with Gasteiger partial charge in [0.25, 0.3) is 0 Å². The fourth-order valence-corrected chi connectivity index (χ4v) is 4.69. The highest BCUT2D eigenvalue weighted by atomic mass is 32.2. The number of ether oxygens (including phenoxy) is 2. The van der Waals surface area contributed by atoms with Crippen molar-refractivity contribution in [3.05, 3.63) is 0 Å². The van der Waals surface area contributed by atoms with Crippen LogP contribution in [0.1, 0.15) is 25.7 Å². The van der Waals surface area contributed by atoms with Crippen molar-refractivity contribution < 1.29 is 14.3 Å². The maximum absolute atomic E-state index is 12.9. The minimum atomic E-state index is -0.0815. The van der Waals surface area contributed by atoms with Gasteiger partial charge >= 0.3 is 0 Å². The maximum atomic E-state index is 12.9. The van der Waals surface area contributed by atoms with E-state index in [2.05, 4.69) is 10.2 Å². The van der Waals surface area contributed by atoms with E-state index in [1.54, 1.807) is 7.11 Å². The SMILES string of the molecule is COC1CNC(C(=O)N(CC2CCCO2)C2CCSC2)C1. The Labute approximate surface area is 131 Å². The molecule has 5 nitrogen and oxygen atoms in total. The Bertz CT molecular complexity index is 357. The lowest BCUT2D eigenvalue weighted by Crippen LogP contribution is -2.51. The van der Waals surface area contributed by atoms with Crippen LogP contribution in [0.4, 0.5) is 0 Å². The molecule has 0 aliphatic carbocycles. The molecule has 3 aliphatic rings. The standard InChI is InChI=1S/C15H26N2O3S/c1-19-13-7-14(16-8-13)15(18)17(11-4-6-21-10-11)9-12-3-2-5-20-12/h11-14,16H,2-10H2,1H3. The third-order valence-electron chi connectivity index (χ3n) is 4.78. The van der Waals surface area contributed by atoms with Crippen LogP contribution in [0.2, 0.25) is 0 Å². The van der Waals surface area contributed by atoms with Crippen LogP contribution in [0.15, 0.2) is 0 Å². The first kappa shape index (κ1) is 15.6. The van der Waals surface area contributed by atoms with Crippen molar-refractivity contribution in [2.45, 2.75) is 50.0 Å². The fraction of sp³-hybridized carbons (Fsp3) is 0.933. The van der Waals surface area contributed by atoms with Gasteiger partial charge in [0.1, 0.15) is 0 Å². The summed E-state index contributed by atoms with van der Waals surface area (Å²) in [5.41, 5.74) is 0. The van der Waals surface area contributed by atoms with Crippen LogP contribution in [0.5, 0.6) is 0 Å². The summed E-state index contributed by atoms with van der Waals surface area (Å²) in [6.45, 7) is 2.39. The molecule has 6 heteroatoms. The summed E-state index contributed by atoms with van der Waals surface area (Å²) < 4.78 is 11.1. The second-order valence-electron chi connectivity index (χ2n) is 6.20. The van der Waals surface area contributed by atoms with E-state index in [4.69, 9.17) is 9.47 Å². The molecular formula is C15H26N2O3S. The van der Waals surface area contributed by atoms with Crippen molar-refractivity contribution in [1.29, 1.82) is 0 Å². The van der Waals surface area contributed by atoms with E-state index in [0.717, 1.165) is 51.1 Å². The first-order valence-electron chi connectivity index (χ1n) is 8.04. The molecule has 1 N–H and O–H groups in total. The highest BCUT2D eigenvalue weighted by Gasteiger charge is 2.37. The number of hydrogen-bond acceptors (Lipinski definition) is 5. The van der Waals surface area contributed by atoms with Crippen LogP contribution < -0.4 is 5.32 Å². The van der Waals surface area contributed by atoms with Gasteiger partial charge in [-0.05, 0) is 31.4 Å². The Morgan fingerprint density at radius 1 is 1.48 bits per heavy atom. The Balaban J connectivity index is 1.63. The van der Waals surface area contributed by atoms with Crippen LogP contribution in [0.3, 0.4) is 0 Å². The Morgan fingerprint density at radius 3 is 3.00 bits per heavy atom. The highest BCUT2D eigenvalue weighted by molar-refractivity contribution is 7.99. The Kier molecular flexibility index (Phi) is 5.43. The lowest BCUT2D eigenvalue weighted by Gasteiger charge is -2.32. The minimum absolute atomic E-state index is 0.0815. The molecule has 1 amide bonds. The van der Waals surface area contributed by atoms with Crippen molar-refractivity contribution in [3.63, 3.8) is 0 Å². The van der Waals surface area contributed by atoms with Crippen LogP contribution in [0.25, 0.3) is 0 Å². The topological polar surface area (TPSA) is 50.8 Å². The molecule has 0 saturated carbocycles. The molecule has 3 saturated heterocycles. The molecule has 3 aliphatic heterocycles. The average molecular weight is 314 g/mol. The quantitative estimate of drug-likeness (QED) is 0.816. The number of thioether (sulfide) groups is 1. The Morgan fingerprint density at radius 2 is 2.38 bits per heavy atom. The first-order valence-corrected chi connectivity index (χ1v) is 9.19. The van der Waals surface area contributed by atoms with Gasteiger partial charge < -0.3 is 19.7 Å². The lowest BCUT2D eigenvalue weighted by atomic mass is 10.1. The molecule has 0 aromatic carbocycles. The summed E-state index contributed by atoms with van der Waals surface area (Å²) in [7, 11) is 1.72. The molecule has 4 unspecified atom stereocenters. The van der Waals surface area contributed by atoms with Crippen LogP contribution in [0, 0.1) is 0 Å². The van der Waals surface area contributed by atoms with E-state index in [1.807, 2.05) is 11.8 Å². The zero-order valence-corrected chi connectivity index (χ0v) is 13.6. The van der Waals surface area contributed by atoms with Crippen molar-refractivity contribution >= 4 is 17.7 Å². The van der Waals surface area contributed by atoms with Gasteiger partial charge in [-0.15, -0.1) is 0 Å². The van der Waals surface area contributed by atoms with Crippen molar-refractivity contribution in [3.8, 4) is 0 Å². The smallest absolute Gasteiger partial charge is 0.240 e. The monoisotopic (exact) mass is 314 g/mol. The molecule has 3 rings (SSSR count). The second kappa shape index (κ2) is 7.31. The second-order valence-corrected chi connectivity index (χ2v) is 7.35. The van der Waals surface area contributed by atoms with E-state index in [1.165, 1.54) is 5.75 Å². The summed E-state index contributed by atoms with van der Waals surface area (Å²) >= 11 is 1.95. The number of carbonyl (C=O) groups is 1. The number of amides is 1. The van der Waals surface area contributed by atoms with Crippen molar-refractivity contribution in [1.82, 2.24) is 10.2 Å². The molecule has 0 spiro atoms. The Hall–Kier alpha value is -0.300. The zero-order chi connectivity index (χ0) is 14.7. The van der Waals surface area contributed by atoms with Gasteiger partial charge in [0.05, 0.1) is 18.2 Å². The molecule has 3 fully saturated rings. The molecule has 0 aromatic heterocycles. The molecule has 120 valence electrons. The number of carbonyl (C=O) groups excluding carboxylic acids is 1. The molecule has 0 bridgehead atoms. The van der Waals surface area contributed by atoms with E-state index in [9.17, 15) is 4.79 Å². The van der Waals surface area contributed by atoms with Crippen LogP contribution in [-0.4, -0.2) is 73.4 Å². The predicted molar refractivity (Wildman–Crippen MR) is 83.6 cm³/mol. The average Bonchev–Trinajstić information content (AvgIpc) is 3.25. The van der Waals surface area contributed by atoms with Gasteiger partial charge in [0.2, 0.25) is 5.91 Å². The maximum Gasteiger partial charge on any atom is 0.240 e. The van der Waals surface area contributed by atoms with Gasteiger partial charge in [0.15, 0.2) is 0 Å². The zero-order valence-electron chi connectivity index (χ0n) is 12.8. The summed E-state index contributed by atoms with van der Waals surface area (Å²) in [6, 6.07) is 0.303. The normalized spacial score (nSPS) is 36.2. The number of rotatable bonds is 5. The predicted octanol–water partition coefficient (Wildman–Crippen LogP) is 0.876. The third kappa shape index (κ3) is 3.73. The van der Waals surface area contributed by atoms with E-state index in [-0.39, 0.29) is 24.2 Å². The summed E-state index contributed by atoms with van der Waals surface area (Å²) in [6.07, 6.45) is 4.52. The summed E-state index contributed by atoms with van der Waals surface area (Å²) in [4.78, 5) is 15.0. The van der Waals surface area contributed by atoms with Gasteiger partial charge in [-0.25, -0.2) is 0 Å². The summed E-state index contributed by atoms with van der Waals surface area (Å²) in [5.74, 6) is 2.48. The number of hydrogen-bond donors (Lipinski definition) is 1. The molecule has 0 aromatic rings. The number of nitrogens with one attached hydrogen (secondary N) is 1.